The van der Waals surface area contributed by atoms with Crippen LogP contribution in [0.5, 0.6) is 0 Å². The lowest BCUT2D eigenvalue weighted by molar-refractivity contribution is 1.02. The van der Waals surface area contributed by atoms with Gasteiger partial charge in [-0.25, -0.2) is 19.9 Å². The van der Waals surface area contributed by atoms with E-state index in [1.54, 1.807) is 22.7 Å². The molecule has 10 heterocycles. The van der Waals surface area contributed by atoms with E-state index in [9.17, 15) is 0 Å². The quantitative estimate of drug-likeness (QED) is 0.152. The SMILES string of the molecule is c1ccc(-c2ccc(-c3nc(-n4c5ccc(-c6ccccc6)cc5c5cc6c7cc(-c8ccc9c(c8)sc8nc(-n%10c%11ccc(-c%12ccccc%12)cc%11c%11cc%12c%13ccccc%13n%13c%14ccccc%14c(c%11%10)c%12%13)nc(-c%10ccccc%10)c89)ccc7n7c8ccccc8c(c54)c67)nc4sc5ccccc5c34)cc2)cc1. The third-order valence-corrected chi connectivity index (χ3v) is 25.2. The molecular formula is C98H54N8S2. The highest BCUT2D eigenvalue weighted by molar-refractivity contribution is 7.26. The molecule has 25 aromatic rings. The number of fused-ring (bicyclic) bond motifs is 26. The summed E-state index contributed by atoms with van der Waals surface area (Å²) in [6, 6.07) is 120. The molecule has 8 nitrogen and oxygen atoms in total. The Labute approximate surface area is 623 Å². The number of rotatable bonds is 8. The van der Waals surface area contributed by atoms with E-state index in [0.29, 0.717) is 11.9 Å². The minimum Gasteiger partial charge on any atom is -0.308 e. The predicted molar refractivity (Wildman–Crippen MR) is 454 cm³/mol. The molecule has 0 aliphatic carbocycles. The summed E-state index contributed by atoms with van der Waals surface area (Å²) in [5.41, 5.74) is 24.5. The summed E-state index contributed by atoms with van der Waals surface area (Å²) in [5, 5.41) is 18.6. The molecule has 0 radical (unpaired) electrons. The lowest BCUT2D eigenvalue weighted by Gasteiger charge is -2.12. The van der Waals surface area contributed by atoms with Crippen molar-refractivity contribution >= 4 is 183 Å². The van der Waals surface area contributed by atoms with Gasteiger partial charge in [0.25, 0.3) is 0 Å². The molecule has 10 heteroatoms. The van der Waals surface area contributed by atoms with E-state index < -0.39 is 0 Å². The Morgan fingerprint density at radius 2 is 0.528 bits per heavy atom. The van der Waals surface area contributed by atoms with Crippen molar-refractivity contribution in [2.45, 2.75) is 0 Å². The van der Waals surface area contributed by atoms with E-state index in [0.717, 1.165) is 141 Å². The summed E-state index contributed by atoms with van der Waals surface area (Å²) in [6.07, 6.45) is 0. The van der Waals surface area contributed by atoms with Gasteiger partial charge in [-0.2, -0.15) is 0 Å². The summed E-state index contributed by atoms with van der Waals surface area (Å²) < 4.78 is 12.1. The van der Waals surface area contributed by atoms with Gasteiger partial charge in [-0.1, -0.05) is 249 Å². The van der Waals surface area contributed by atoms with Crippen LogP contribution in [0.3, 0.4) is 0 Å². The predicted octanol–water partition coefficient (Wildman–Crippen LogP) is 26.5. The van der Waals surface area contributed by atoms with Crippen LogP contribution in [0.1, 0.15) is 0 Å². The minimum atomic E-state index is 0.638. The van der Waals surface area contributed by atoms with Crippen LogP contribution in [0.25, 0.3) is 239 Å². The average Bonchev–Trinajstić information content (AvgIpc) is 1.52. The summed E-state index contributed by atoms with van der Waals surface area (Å²) >= 11 is 3.48. The number of hydrogen-bond donors (Lipinski definition) is 0. The fourth-order valence-corrected chi connectivity index (χ4v) is 20.6. The average molecular weight is 1410 g/mol. The Bertz CT molecular complexity index is 8150. The smallest absolute Gasteiger partial charge is 0.236 e. The van der Waals surface area contributed by atoms with Crippen molar-refractivity contribution in [3.63, 3.8) is 0 Å². The number of para-hydroxylation sites is 3. The van der Waals surface area contributed by atoms with Crippen LogP contribution >= 0.6 is 22.7 Å². The third-order valence-electron chi connectivity index (χ3n) is 23.1. The van der Waals surface area contributed by atoms with E-state index in [4.69, 9.17) is 19.9 Å². The number of hydrogen-bond acceptors (Lipinski definition) is 6. The molecule has 0 N–H and O–H groups in total. The molecule has 10 aromatic heterocycles. The Kier molecular flexibility index (Phi) is 11.8. The standard InChI is InChI=1S/C98H54N8S2/c1-5-21-55(22-6-1)58-37-39-60(40-38-58)90-85-68-32-16-20-36-83(68)107-95(85)101-98(100-90)106-82-48-43-62(57-25-9-3-10-26-57)50-72(82)76-54-74-70-51-63(44-46-80(70)104-79-35-19-15-31-67(79)88(92(74)104)94(76)106)64-41-45-69-84(52-64)108-96-86(69)89(59-27-11-4-12-28-59)99-97(102-96)105-81-47-42-61(56-23-7-2-8-24-56)49-71(81)75-53-73-65-29-13-17-33-77(65)103-78-34-18-14-30-66(78)87(91(73)103)93(75)105/h1-54H. The van der Waals surface area contributed by atoms with Crippen molar-refractivity contribution in [3.05, 3.63) is 328 Å². The topological polar surface area (TPSA) is 70.2 Å². The second-order valence-corrected chi connectivity index (χ2v) is 30.8. The van der Waals surface area contributed by atoms with Gasteiger partial charge < -0.3 is 8.80 Å². The molecule has 0 atom stereocenters. The van der Waals surface area contributed by atoms with Gasteiger partial charge in [-0.15, -0.1) is 22.7 Å². The van der Waals surface area contributed by atoms with E-state index in [1.807, 2.05) is 0 Å². The Hall–Kier alpha value is -13.9. The van der Waals surface area contributed by atoms with Gasteiger partial charge in [-0.05, 0) is 123 Å². The van der Waals surface area contributed by atoms with Crippen molar-refractivity contribution in [3.8, 4) is 78.9 Å². The molecule has 0 unspecified atom stereocenters. The molecule has 108 heavy (non-hydrogen) atoms. The van der Waals surface area contributed by atoms with Gasteiger partial charge in [0.05, 0.1) is 66.6 Å². The highest BCUT2D eigenvalue weighted by Gasteiger charge is 2.30. The zero-order valence-electron chi connectivity index (χ0n) is 57.6. The van der Waals surface area contributed by atoms with Crippen LogP contribution in [-0.2, 0) is 0 Å². The minimum absolute atomic E-state index is 0.638. The van der Waals surface area contributed by atoms with Crippen molar-refractivity contribution in [1.29, 1.82) is 0 Å². The molecule has 15 aromatic carbocycles. The van der Waals surface area contributed by atoms with E-state index >= 15 is 0 Å². The number of benzene rings is 15. The molecule has 0 amide bonds. The van der Waals surface area contributed by atoms with Gasteiger partial charge in [-0.3, -0.25) is 9.13 Å². The first-order chi connectivity index (χ1) is 53.6. The molecule has 0 bridgehead atoms. The molecule has 0 saturated carbocycles. The zero-order valence-corrected chi connectivity index (χ0v) is 59.2. The third kappa shape index (κ3) is 8.05. The molecule has 0 saturated heterocycles. The van der Waals surface area contributed by atoms with Crippen LogP contribution < -0.4 is 0 Å². The first-order valence-corrected chi connectivity index (χ1v) is 38.3. The second kappa shape index (κ2) is 21.9. The molecule has 0 aliphatic heterocycles. The maximum absolute atomic E-state index is 5.83. The lowest BCUT2D eigenvalue weighted by Crippen LogP contribution is -2.03. The van der Waals surface area contributed by atoms with Crippen LogP contribution in [0, 0.1) is 0 Å². The van der Waals surface area contributed by atoms with Crippen molar-refractivity contribution in [2.75, 3.05) is 0 Å². The maximum Gasteiger partial charge on any atom is 0.236 e. The molecule has 25 rings (SSSR count). The fourth-order valence-electron chi connectivity index (χ4n) is 18.4. The zero-order chi connectivity index (χ0) is 70.1. The normalized spacial score (nSPS) is 12.4. The van der Waals surface area contributed by atoms with Gasteiger partial charge in [0.15, 0.2) is 0 Å². The fraction of sp³-hybridized carbons (Fsp3) is 0. The Morgan fingerprint density at radius 3 is 1.06 bits per heavy atom. The van der Waals surface area contributed by atoms with E-state index in [1.165, 1.54) is 86.4 Å². The molecule has 0 fully saturated rings. The molecule has 0 aliphatic rings. The largest absolute Gasteiger partial charge is 0.308 e. The molecule has 0 spiro atoms. The molecule has 498 valence electrons. The Balaban J connectivity index is 0.706. The van der Waals surface area contributed by atoms with Crippen LogP contribution in [0.4, 0.5) is 0 Å². The van der Waals surface area contributed by atoms with Gasteiger partial charge in [0.1, 0.15) is 9.66 Å². The van der Waals surface area contributed by atoms with Gasteiger partial charge in [0.2, 0.25) is 11.9 Å². The van der Waals surface area contributed by atoms with Crippen molar-refractivity contribution in [1.82, 2.24) is 37.9 Å². The first-order valence-electron chi connectivity index (χ1n) is 36.7. The van der Waals surface area contributed by atoms with Crippen molar-refractivity contribution < 1.29 is 0 Å². The molecular weight excluding hydrogens is 1350 g/mol. The lowest BCUT2D eigenvalue weighted by atomic mass is 9.98. The summed E-state index contributed by atoms with van der Waals surface area (Å²) in [6.45, 7) is 0. The number of aromatic nitrogens is 8. The van der Waals surface area contributed by atoms with E-state index in [2.05, 4.69) is 346 Å². The number of nitrogens with zero attached hydrogens (tertiary/aromatic N) is 8. The van der Waals surface area contributed by atoms with Crippen LogP contribution in [0.2, 0.25) is 0 Å². The van der Waals surface area contributed by atoms with Crippen LogP contribution in [-0.4, -0.2) is 37.9 Å². The van der Waals surface area contributed by atoms with Gasteiger partial charge in [0, 0.05) is 107 Å². The monoisotopic (exact) mass is 1410 g/mol. The van der Waals surface area contributed by atoms with Gasteiger partial charge >= 0.3 is 0 Å². The summed E-state index contributed by atoms with van der Waals surface area (Å²) in [7, 11) is 0. The Morgan fingerprint density at radius 1 is 0.194 bits per heavy atom. The number of thiophene rings is 2. The summed E-state index contributed by atoms with van der Waals surface area (Å²) in [5.74, 6) is 1.28. The highest BCUT2D eigenvalue weighted by Crippen LogP contribution is 2.52. The van der Waals surface area contributed by atoms with E-state index in [-0.39, 0.29) is 0 Å². The van der Waals surface area contributed by atoms with Crippen LogP contribution in [0.15, 0.2) is 328 Å². The van der Waals surface area contributed by atoms with Crippen molar-refractivity contribution in [2.24, 2.45) is 0 Å². The maximum atomic E-state index is 5.83. The first kappa shape index (κ1) is 58.5. The second-order valence-electron chi connectivity index (χ2n) is 28.7. The highest BCUT2D eigenvalue weighted by atomic mass is 32.1. The summed E-state index contributed by atoms with van der Waals surface area (Å²) in [4.78, 5) is 25.0.